The molecule has 3 fully saturated rings. The average molecular weight is 387 g/mol. The molecule has 3 unspecified atom stereocenters. The SMILES string of the molecule is NC1CC2CCCC(C1)C2NC(=O)C1CCCN(C(=O)c2ccc(F)cc2)C1. The Morgan fingerprint density at radius 2 is 1.71 bits per heavy atom. The fraction of sp³-hybridized carbons (Fsp3) is 0.636. The number of nitrogens with one attached hydrogen (secondary N) is 1. The highest BCUT2D eigenvalue weighted by molar-refractivity contribution is 5.94. The van der Waals surface area contributed by atoms with E-state index in [9.17, 15) is 14.0 Å². The quantitative estimate of drug-likeness (QED) is 0.837. The lowest BCUT2D eigenvalue weighted by Gasteiger charge is -2.46. The minimum atomic E-state index is -0.356. The van der Waals surface area contributed by atoms with Gasteiger partial charge in [0.1, 0.15) is 5.82 Å². The van der Waals surface area contributed by atoms with Gasteiger partial charge < -0.3 is 16.0 Å². The smallest absolute Gasteiger partial charge is 0.253 e. The Kier molecular flexibility index (Phi) is 5.67. The van der Waals surface area contributed by atoms with Crippen LogP contribution in [0, 0.1) is 23.6 Å². The molecular formula is C22H30FN3O2. The monoisotopic (exact) mass is 387 g/mol. The fourth-order valence-electron chi connectivity index (χ4n) is 5.46. The number of rotatable bonds is 3. The second-order valence-corrected chi connectivity index (χ2v) is 8.81. The molecule has 6 heteroatoms. The average Bonchev–Trinajstić information content (AvgIpc) is 2.69. The molecule has 0 aromatic heterocycles. The largest absolute Gasteiger partial charge is 0.353 e. The van der Waals surface area contributed by atoms with Crippen molar-refractivity contribution in [1.82, 2.24) is 10.2 Å². The minimum Gasteiger partial charge on any atom is -0.353 e. The summed E-state index contributed by atoms with van der Waals surface area (Å²) in [7, 11) is 0. The molecule has 0 spiro atoms. The molecular weight excluding hydrogens is 357 g/mol. The van der Waals surface area contributed by atoms with Gasteiger partial charge in [0.25, 0.3) is 5.91 Å². The summed E-state index contributed by atoms with van der Waals surface area (Å²) in [4.78, 5) is 27.5. The highest BCUT2D eigenvalue weighted by Crippen LogP contribution is 2.40. The van der Waals surface area contributed by atoms with E-state index in [1.54, 1.807) is 4.90 Å². The first kappa shape index (κ1) is 19.4. The van der Waals surface area contributed by atoms with Crippen LogP contribution in [0.1, 0.15) is 55.3 Å². The van der Waals surface area contributed by atoms with Gasteiger partial charge in [-0.05, 0) is 74.6 Å². The van der Waals surface area contributed by atoms with Crippen LogP contribution in [0.2, 0.25) is 0 Å². The van der Waals surface area contributed by atoms with Crippen molar-refractivity contribution in [2.24, 2.45) is 23.5 Å². The number of piperidine rings is 1. The van der Waals surface area contributed by atoms with Gasteiger partial charge in [-0.25, -0.2) is 4.39 Å². The number of hydrogen-bond acceptors (Lipinski definition) is 3. The molecule has 1 saturated heterocycles. The number of likely N-dealkylation sites (tertiary alicyclic amines) is 1. The second-order valence-electron chi connectivity index (χ2n) is 8.81. The molecule has 1 aromatic rings. The molecule has 4 rings (SSSR count). The van der Waals surface area contributed by atoms with Crippen LogP contribution in [-0.2, 0) is 4.79 Å². The Morgan fingerprint density at radius 3 is 2.39 bits per heavy atom. The number of benzene rings is 1. The van der Waals surface area contributed by atoms with Gasteiger partial charge in [0.2, 0.25) is 5.91 Å². The fourth-order valence-corrected chi connectivity index (χ4v) is 5.46. The van der Waals surface area contributed by atoms with Crippen molar-refractivity contribution in [3.05, 3.63) is 35.6 Å². The van der Waals surface area contributed by atoms with Crippen molar-refractivity contribution in [2.75, 3.05) is 13.1 Å². The Hall–Kier alpha value is -1.95. The van der Waals surface area contributed by atoms with Gasteiger partial charge >= 0.3 is 0 Å². The second kappa shape index (κ2) is 8.19. The lowest BCUT2D eigenvalue weighted by atomic mass is 9.67. The van der Waals surface area contributed by atoms with E-state index in [-0.39, 0.29) is 35.6 Å². The van der Waals surface area contributed by atoms with Crippen LogP contribution < -0.4 is 11.1 Å². The first-order chi connectivity index (χ1) is 13.5. The first-order valence-corrected chi connectivity index (χ1v) is 10.6. The highest BCUT2D eigenvalue weighted by atomic mass is 19.1. The number of carbonyl (C=O) groups excluding carboxylic acids is 2. The predicted octanol–water partition coefficient (Wildman–Crippen LogP) is 2.70. The van der Waals surface area contributed by atoms with Crippen molar-refractivity contribution in [3.8, 4) is 0 Å². The van der Waals surface area contributed by atoms with Crippen molar-refractivity contribution < 1.29 is 14.0 Å². The normalized spacial score (nSPS) is 32.6. The Labute approximate surface area is 165 Å². The first-order valence-electron chi connectivity index (χ1n) is 10.6. The predicted molar refractivity (Wildman–Crippen MR) is 105 cm³/mol. The Balaban J connectivity index is 1.38. The van der Waals surface area contributed by atoms with Crippen molar-refractivity contribution in [1.29, 1.82) is 0 Å². The van der Waals surface area contributed by atoms with Crippen LogP contribution in [0.25, 0.3) is 0 Å². The number of nitrogens with two attached hydrogens (primary N) is 1. The van der Waals surface area contributed by atoms with Gasteiger partial charge in [0, 0.05) is 30.7 Å². The van der Waals surface area contributed by atoms with E-state index in [1.165, 1.54) is 30.7 Å². The summed E-state index contributed by atoms with van der Waals surface area (Å²) < 4.78 is 13.1. The van der Waals surface area contributed by atoms with E-state index in [2.05, 4.69) is 5.32 Å². The number of carbonyl (C=O) groups is 2. The Morgan fingerprint density at radius 1 is 1.04 bits per heavy atom. The molecule has 5 nitrogen and oxygen atoms in total. The summed E-state index contributed by atoms with van der Waals surface area (Å²) in [6.07, 6.45) is 7.15. The molecule has 3 atom stereocenters. The molecule has 2 saturated carbocycles. The van der Waals surface area contributed by atoms with Gasteiger partial charge in [0.15, 0.2) is 0 Å². The number of fused-ring (bicyclic) bond motifs is 2. The summed E-state index contributed by atoms with van der Waals surface area (Å²) in [6.45, 7) is 1.08. The molecule has 1 heterocycles. The lowest BCUT2D eigenvalue weighted by Crippen LogP contribution is -2.56. The van der Waals surface area contributed by atoms with Gasteiger partial charge in [-0.2, -0.15) is 0 Å². The van der Waals surface area contributed by atoms with Gasteiger partial charge in [-0.15, -0.1) is 0 Å². The molecule has 3 N–H and O–H groups in total. The highest BCUT2D eigenvalue weighted by Gasteiger charge is 2.41. The summed E-state index contributed by atoms with van der Waals surface area (Å²) >= 11 is 0. The summed E-state index contributed by atoms with van der Waals surface area (Å²) in [5.41, 5.74) is 6.67. The topological polar surface area (TPSA) is 75.4 Å². The number of halogens is 1. The third-order valence-corrected chi connectivity index (χ3v) is 6.86. The van der Waals surface area contributed by atoms with E-state index in [4.69, 9.17) is 5.73 Å². The molecule has 3 aliphatic rings. The maximum Gasteiger partial charge on any atom is 0.253 e. The molecule has 1 aromatic carbocycles. The summed E-state index contributed by atoms with van der Waals surface area (Å²) in [5.74, 6) is 0.408. The van der Waals surface area contributed by atoms with Crippen molar-refractivity contribution in [3.63, 3.8) is 0 Å². The van der Waals surface area contributed by atoms with E-state index < -0.39 is 0 Å². The Bertz CT molecular complexity index is 709. The zero-order chi connectivity index (χ0) is 19.7. The van der Waals surface area contributed by atoms with Gasteiger partial charge in [0.05, 0.1) is 5.92 Å². The molecule has 0 radical (unpaired) electrons. The van der Waals surface area contributed by atoms with Crippen LogP contribution >= 0.6 is 0 Å². The van der Waals surface area contributed by atoms with Crippen LogP contribution in [0.5, 0.6) is 0 Å². The maximum atomic E-state index is 13.1. The molecule has 2 bridgehead atoms. The number of nitrogens with zero attached hydrogens (tertiary/aromatic N) is 1. The lowest BCUT2D eigenvalue weighted by molar-refractivity contribution is -0.128. The van der Waals surface area contributed by atoms with E-state index in [0.29, 0.717) is 30.5 Å². The third-order valence-electron chi connectivity index (χ3n) is 6.86. The van der Waals surface area contributed by atoms with Crippen LogP contribution in [-0.4, -0.2) is 41.9 Å². The zero-order valence-electron chi connectivity index (χ0n) is 16.3. The molecule has 152 valence electrons. The van der Waals surface area contributed by atoms with Crippen LogP contribution in [0.3, 0.4) is 0 Å². The molecule has 28 heavy (non-hydrogen) atoms. The van der Waals surface area contributed by atoms with Crippen LogP contribution in [0.15, 0.2) is 24.3 Å². The minimum absolute atomic E-state index is 0.0778. The third kappa shape index (κ3) is 4.07. The van der Waals surface area contributed by atoms with E-state index >= 15 is 0 Å². The number of hydrogen-bond donors (Lipinski definition) is 2. The standard InChI is InChI=1S/C22H30FN3O2/c23-18-8-6-14(7-9-18)22(28)26-10-2-5-17(13-26)21(27)25-20-15-3-1-4-16(20)12-19(24)11-15/h6-9,15-17,19-20H,1-5,10-13,24H2,(H,25,27). The molecule has 1 aliphatic heterocycles. The zero-order valence-corrected chi connectivity index (χ0v) is 16.3. The van der Waals surface area contributed by atoms with E-state index in [0.717, 1.165) is 38.5 Å². The van der Waals surface area contributed by atoms with E-state index in [1.807, 2.05) is 0 Å². The number of amides is 2. The van der Waals surface area contributed by atoms with Crippen LogP contribution in [0.4, 0.5) is 4.39 Å². The van der Waals surface area contributed by atoms with Crippen molar-refractivity contribution in [2.45, 2.75) is 57.0 Å². The molecule has 2 amide bonds. The van der Waals surface area contributed by atoms with Gasteiger partial charge in [-0.1, -0.05) is 6.42 Å². The maximum absolute atomic E-state index is 13.1. The summed E-state index contributed by atoms with van der Waals surface area (Å²) in [5, 5.41) is 3.34. The summed E-state index contributed by atoms with van der Waals surface area (Å²) in [6, 6.07) is 6.12. The molecule has 2 aliphatic carbocycles. The van der Waals surface area contributed by atoms with Crippen molar-refractivity contribution >= 4 is 11.8 Å². The van der Waals surface area contributed by atoms with Gasteiger partial charge in [-0.3, -0.25) is 9.59 Å².